The summed E-state index contributed by atoms with van der Waals surface area (Å²) in [6, 6.07) is 9.24. The zero-order valence-corrected chi connectivity index (χ0v) is 27.1. The van der Waals surface area contributed by atoms with E-state index in [9.17, 15) is 19.2 Å². The smallest absolute Gasteiger partial charge is 0.316 e. The zero-order valence-electron chi connectivity index (χ0n) is 21.1. The molecule has 2 aromatic carbocycles. The number of amides is 3. The molecule has 0 radical (unpaired) electrons. The highest BCUT2D eigenvalue weighted by molar-refractivity contribution is 6.67. The maximum absolute atomic E-state index is 13.7. The molecule has 0 spiro atoms. The molecule has 2 bridgehead atoms. The number of nitrogens with zero attached hydrogens (tertiary/aromatic N) is 2. The Bertz CT molecular complexity index is 1620. The fraction of sp³-hybridized carbons (Fsp3) is 0.333. The predicted molar refractivity (Wildman–Crippen MR) is 164 cm³/mol. The van der Waals surface area contributed by atoms with E-state index in [4.69, 9.17) is 97.5 Å². The topological polar surface area (TPSA) is 84.0 Å². The van der Waals surface area contributed by atoms with Gasteiger partial charge in [-0.15, -0.1) is 23.2 Å². The van der Waals surface area contributed by atoms with Gasteiger partial charge in [-0.3, -0.25) is 19.2 Å². The Morgan fingerprint density at radius 1 is 0.881 bits per heavy atom. The van der Waals surface area contributed by atoms with E-state index in [1.54, 1.807) is 25.1 Å². The lowest BCUT2D eigenvalue weighted by Gasteiger charge is -2.34. The molecule has 0 N–H and O–H groups in total. The van der Waals surface area contributed by atoms with Crippen molar-refractivity contribution >= 4 is 128 Å². The van der Waals surface area contributed by atoms with Gasteiger partial charge in [0.2, 0.25) is 17.7 Å². The van der Waals surface area contributed by atoms with Crippen LogP contribution < -0.4 is 14.5 Å². The monoisotopic (exact) mass is 728 g/mol. The molecule has 3 fully saturated rings. The van der Waals surface area contributed by atoms with E-state index in [0.717, 1.165) is 4.90 Å². The van der Waals surface area contributed by atoms with Gasteiger partial charge in [0.15, 0.2) is 4.33 Å². The Hall–Kier alpha value is -1.42. The second-order valence-electron chi connectivity index (χ2n) is 10.4. The van der Waals surface area contributed by atoms with E-state index >= 15 is 0 Å². The molecule has 42 heavy (non-hydrogen) atoms. The van der Waals surface area contributed by atoms with Crippen molar-refractivity contribution in [3.63, 3.8) is 0 Å². The zero-order chi connectivity index (χ0) is 30.7. The molecule has 3 amide bonds. The van der Waals surface area contributed by atoms with Crippen molar-refractivity contribution in [1.29, 1.82) is 0 Å². The number of alkyl halides is 4. The van der Waals surface area contributed by atoms with Gasteiger partial charge in [0.1, 0.15) is 15.5 Å². The Labute approximate surface area is 279 Å². The SMILES string of the molecule is Cc1cc(OC(=O)[C@H]2CC(=O)N(c3cccc(Cl)c3Cl)C2)ccc1N1C(=O)[C@@H]2[C@H](C1=O)[C@@]1(Cl)C(Cl)=C(Cl)[C@@]2(Cl)C1(Cl)Cl. The molecule has 2 aliphatic heterocycles. The molecule has 2 heterocycles. The van der Waals surface area contributed by atoms with Gasteiger partial charge in [-0.1, -0.05) is 75.7 Å². The van der Waals surface area contributed by atoms with Crippen LogP contribution in [-0.2, 0) is 19.2 Å². The molecule has 4 aliphatic rings. The minimum absolute atomic E-state index is 0.0521. The third-order valence-electron chi connectivity index (χ3n) is 8.22. The fourth-order valence-corrected chi connectivity index (χ4v) is 9.50. The summed E-state index contributed by atoms with van der Waals surface area (Å²) in [5.74, 6) is -5.52. The lowest BCUT2D eigenvalue weighted by atomic mass is 9.84. The van der Waals surface area contributed by atoms with E-state index < -0.39 is 49.6 Å². The van der Waals surface area contributed by atoms with Crippen molar-refractivity contribution < 1.29 is 23.9 Å². The standard InChI is InChI=1S/C27H16Cl8N2O5/c1-10-7-12(42-24(41)11-8-16(38)36(9-11)15-4-2-3-13(28)19(15)29)5-6-14(10)37-22(39)17-18(23(37)40)26(33)21(31)20(30)25(17,32)27(26,34)35/h2-7,11,17-18H,8-9H2,1H3/t11-,17-,18+,25+,26+/m0/s1. The van der Waals surface area contributed by atoms with E-state index in [-0.39, 0.29) is 50.4 Å². The maximum atomic E-state index is 13.7. The van der Waals surface area contributed by atoms with E-state index in [1.807, 2.05) is 0 Å². The number of carbonyl (C=O) groups excluding carboxylic acids is 4. The summed E-state index contributed by atoms with van der Waals surface area (Å²) in [4.78, 5) is 51.5. The number of ether oxygens (including phenoxy) is 1. The molecular formula is C27H16Cl8N2O5. The van der Waals surface area contributed by atoms with Crippen LogP contribution in [0.25, 0.3) is 0 Å². The van der Waals surface area contributed by atoms with Crippen molar-refractivity contribution in [3.8, 4) is 5.75 Å². The van der Waals surface area contributed by atoms with Crippen LogP contribution in [0.15, 0.2) is 46.5 Å². The van der Waals surface area contributed by atoms with Gasteiger partial charge in [-0.2, -0.15) is 0 Å². The molecule has 6 rings (SSSR count). The number of anilines is 2. The maximum Gasteiger partial charge on any atom is 0.316 e. The summed E-state index contributed by atoms with van der Waals surface area (Å²) < 4.78 is 3.52. The predicted octanol–water partition coefficient (Wildman–Crippen LogP) is 7.21. The van der Waals surface area contributed by atoms with Crippen molar-refractivity contribution in [2.24, 2.45) is 17.8 Å². The molecular weight excluding hydrogens is 716 g/mol. The van der Waals surface area contributed by atoms with Crippen LogP contribution in [-0.4, -0.2) is 44.3 Å². The van der Waals surface area contributed by atoms with Gasteiger partial charge in [-0.05, 0) is 42.8 Å². The first-order valence-electron chi connectivity index (χ1n) is 12.3. The summed E-state index contributed by atoms with van der Waals surface area (Å²) >= 11 is 51.7. The van der Waals surface area contributed by atoms with Gasteiger partial charge in [0, 0.05) is 13.0 Å². The summed E-state index contributed by atoms with van der Waals surface area (Å²) in [5, 5.41) is 0.120. The van der Waals surface area contributed by atoms with Crippen LogP contribution in [0.5, 0.6) is 5.75 Å². The number of allylic oxidation sites excluding steroid dienone is 2. The minimum atomic E-state index is -2.04. The molecule has 0 aromatic heterocycles. The van der Waals surface area contributed by atoms with E-state index in [2.05, 4.69) is 0 Å². The summed E-state index contributed by atoms with van der Waals surface area (Å²) in [6.45, 7) is 1.67. The highest BCUT2D eigenvalue weighted by atomic mass is 35.5. The first-order chi connectivity index (χ1) is 19.6. The largest absolute Gasteiger partial charge is 0.426 e. The van der Waals surface area contributed by atoms with E-state index in [1.165, 1.54) is 23.1 Å². The fourth-order valence-electron chi connectivity index (χ4n) is 6.17. The number of carbonyl (C=O) groups is 4. The highest BCUT2D eigenvalue weighted by Gasteiger charge is 2.87. The second-order valence-corrected chi connectivity index (χ2v) is 14.5. The summed E-state index contributed by atoms with van der Waals surface area (Å²) in [7, 11) is 0. The molecule has 2 aromatic rings. The van der Waals surface area contributed by atoms with Crippen LogP contribution in [0.3, 0.4) is 0 Å². The average Bonchev–Trinajstić information content (AvgIpc) is 3.51. The normalized spacial score (nSPS) is 31.5. The number of hydrogen-bond acceptors (Lipinski definition) is 5. The van der Waals surface area contributed by atoms with Gasteiger partial charge in [0.25, 0.3) is 0 Å². The lowest BCUT2D eigenvalue weighted by Crippen LogP contribution is -2.50. The molecule has 1 saturated carbocycles. The van der Waals surface area contributed by atoms with Crippen LogP contribution in [0.1, 0.15) is 12.0 Å². The summed E-state index contributed by atoms with van der Waals surface area (Å²) in [5.41, 5.74) is 1.03. The Morgan fingerprint density at radius 2 is 1.48 bits per heavy atom. The third kappa shape index (κ3) is 3.81. The number of halogens is 8. The Balaban J connectivity index is 1.22. The Morgan fingerprint density at radius 3 is 2.05 bits per heavy atom. The van der Waals surface area contributed by atoms with Crippen LogP contribution >= 0.6 is 92.8 Å². The minimum Gasteiger partial charge on any atom is -0.426 e. The molecule has 220 valence electrons. The van der Waals surface area contributed by atoms with Gasteiger partial charge in [-0.25, -0.2) is 4.90 Å². The highest BCUT2D eigenvalue weighted by Crippen LogP contribution is 2.77. The number of rotatable bonds is 4. The quantitative estimate of drug-likeness (QED) is 0.144. The number of hydrogen-bond donors (Lipinski definition) is 0. The molecule has 5 atom stereocenters. The second kappa shape index (κ2) is 10.0. The number of fused-ring (bicyclic) bond motifs is 5. The van der Waals surface area contributed by atoms with Gasteiger partial charge >= 0.3 is 5.97 Å². The summed E-state index contributed by atoms with van der Waals surface area (Å²) in [6.07, 6.45) is -0.0829. The molecule has 7 nitrogen and oxygen atoms in total. The first kappa shape index (κ1) is 30.6. The number of imide groups is 1. The molecule has 15 heteroatoms. The van der Waals surface area contributed by atoms with Crippen molar-refractivity contribution in [2.75, 3.05) is 16.3 Å². The lowest BCUT2D eigenvalue weighted by molar-refractivity contribution is -0.139. The number of aryl methyl sites for hydroxylation is 1. The average molecular weight is 732 g/mol. The first-order valence-corrected chi connectivity index (χ1v) is 15.4. The third-order valence-corrected chi connectivity index (χ3v) is 13.3. The van der Waals surface area contributed by atoms with Crippen molar-refractivity contribution in [3.05, 3.63) is 62.1 Å². The van der Waals surface area contributed by atoms with Gasteiger partial charge < -0.3 is 9.64 Å². The number of benzene rings is 2. The van der Waals surface area contributed by atoms with Crippen LogP contribution in [0.2, 0.25) is 10.0 Å². The van der Waals surface area contributed by atoms with E-state index in [0.29, 0.717) is 11.3 Å². The van der Waals surface area contributed by atoms with Gasteiger partial charge in [0.05, 0.1) is 49.2 Å². The van der Waals surface area contributed by atoms with Crippen molar-refractivity contribution in [2.45, 2.75) is 27.4 Å². The number of esters is 1. The van der Waals surface area contributed by atoms with Crippen LogP contribution in [0, 0.1) is 24.7 Å². The Kier molecular flexibility index (Phi) is 7.32. The molecule has 2 saturated heterocycles. The molecule has 0 unspecified atom stereocenters. The molecule has 2 aliphatic carbocycles. The van der Waals surface area contributed by atoms with Crippen LogP contribution in [0.4, 0.5) is 11.4 Å². The van der Waals surface area contributed by atoms with Crippen molar-refractivity contribution in [1.82, 2.24) is 0 Å².